The van der Waals surface area contributed by atoms with Gasteiger partial charge in [0.25, 0.3) is 0 Å². The van der Waals surface area contributed by atoms with Crippen LogP contribution in [0.3, 0.4) is 0 Å². The third-order valence-electron chi connectivity index (χ3n) is 11.1. The summed E-state index contributed by atoms with van der Waals surface area (Å²) in [6.45, 7) is 2.16. The minimum atomic E-state index is 0.772. The van der Waals surface area contributed by atoms with Crippen LogP contribution in [-0.2, 0) is 0 Å². The average molecular weight is 679 g/mol. The molecule has 5 nitrogen and oxygen atoms in total. The number of fused-ring (bicyclic) bond motifs is 12. The molecule has 5 heteroatoms. The van der Waals surface area contributed by atoms with Crippen LogP contribution in [0.2, 0.25) is 0 Å². The molecular weight excluding hydrogens is 649 g/mol. The maximum absolute atomic E-state index is 6.77. The van der Waals surface area contributed by atoms with Crippen molar-refractivity contribution in [3.8, 4) is 17.1 Å². The Bertz CT molecular complexity index is 3370. The van der Waals surface area contributed by atoms with E-state index >= 15 is 0 Å². The molecule has 0 unspecified atom stereocenters. The van der Waals surface area contributed by atoms with Gasteiger partial charge in [-0.15, -0.1) is 0 Å². The molecule has 0 aliphatic rings. The Kier molecular flexibility index (Phi) is 5.64. The molecule has 12 aromatic rings. The van der Waals surface area contributed by atoms with Gasteiger partial charge in [-0.25, -0.2) is 0 Å². The first-order chi connectivity index (χ1) is 26.2. The van der Waals surface area contributed by atoms with Gasteiger partial charge in [0.1, 0.15) is 11.1 Å². The number of pyridine rings is 1. The van der Waals surface area contributed by atoms with Crippen LogP contribution in [0.1, 0.15) is 5.56 Å². The summed E-state index contributed by atoms with van der Waals surface area (Å²) in [6.07, 6.45) is 1.92. The zero-order valence-corrected chi connectivity index (χ0v) is 28.8. The molecular formula is C48H30N4O. The number of rotatable bonds is 3. The van der Waals surface area contributed by atoms with E-state index in [1.54, 1.807) is 0 Å². The van der Waals surface area contributed by atoms with Gasteiger partial charge in [0.05, 0.1) is 38.8 Å². The van der Waals surface area contributed by atoms with Crippen LogP contribution in [0.25, 0.3) is 105 Å². The van der Waals surface area contributed by atoms with Crippen molar-refractivity contribution in [1.82, 2.24) is 18.7 Å². The van der Waals surface area contributed by atoms with E-state index in [2.05, 4.69) is 178 Å². The maximum atomic E-state index is 6.77. The van der Waals surface area contributed by atoms with Gasteiger partial charge < -0.3 is 18.1 Å². The van der Waals surface area contributed by atoms with Crippen molar-refractivity contribution in [3.05, 3.63) is 169 Å². The quantitative estimate of drug-likeness (QED) is 0.187. The summed E-state index contributed by atoms with van der Waals surface area (Å²) in [5, 5.41) is 8.37. The minimum absolute atomic E-state index is 0.772. The van der Waals surface area contributed by atoms with Crippen LogP contribution < -0.4 is 0 Å². The van der Waals surface area contributed by atoms with E-state index in [4.69, 9.17) is 9.40 Å². The lowest BCUT2D eigenvalue weighted by Crippen LogP contribution is -1.97. The number of hydrogen-bond donors (Lipinski definition) is 0. The monoisotopic (exact) mass is 678 g/mol. The average Bonchev–Trinajstić information content (AvgIpc) is 3.93. The molecule has 0 bridgehead atoms. The van der Waals surface area contributed by atoms with Gasteiger partial charge in [0.15, 0.2) is 5.58 Å². The summed E-state index contributed by atoms with van der Waals surface area (Å²) in [5.74, 6) is 0. The highest BCUT2D eigenvalue weighted by molar-refractivity contribution is 6.14. The van der Waals surface area contributed by atoms with Gasteiger partial charge in [0, 0.05) is 55.3 Å². The SMILES string of the molecule is Cc1ccc2c3cc(-n4c5ccccc5c5ccccc54)ccc3n(-c3ccnc4c3oc3ccc(-n5c6ccccc6c6ccccc65)cc34)c2c1. The number of aryl methyl sites for hydroxylation is 1. The Balaban J connectivity index is 1.10. The van der Waals surface area contributed by atoms with Crippen LogP contribution in [0, 0.1) is 6.92 Å². The van der Waals surface area contributed by atoms with Crippen molar-refractivity contribution in [3.63, 3.8) is 0 Å². The van der Waals surface area contributed by atoms with E-state index < -0.39 is 0 Å². The summed E-state index contributed by atoms with van der Waals surface area (Å²) in [5.41, 5.74) is 13.8. The molecule has 5 aromatic heterocycles. The molecule has 0 spiro atoms. The Hall–Kier alpha value is -7.11. The molecule has 0 aliphatic heterocycles. The molecule has 0 radical (unpaired) electrons. The van der Waals surface area contributed by atoms with Crippen LogP contribution in [-0.4, -0.2) is 18.7 Å². The van der Waals surface area contributed by atoms with Crippen LogP contribution in [0.4, 0.5) is 0 Å². The Morgan fingerprint density at radius 1 is 0.415 bits per heavy atom. The van der Waals surface area contributed by atoms with Crippen LogP contribution in [0.5, 0.6) is 0 Å². The summed E-state index contributed by atoms with van der Waals surface area (Å²) in [4.78, 5) is 4.95. The first-order valence-electron chi connectivity index (χ1n) is 18.0. The molecule has 248 valence electrons. The minimum Gasteiger partial charge on any atom is -0.452 e. The first-order valence-corrected chi connectivity index (χ1v) is 18.0. The Labute approximate surface area is 303 Å². The molecule has 0 fully saturated rings. The Morgan fingerprint density at radius 3 is 1.53 bits per heavy atom. The van der Waals surface area contributed by atoms with Crippen molar-refractivity contribution >= 4 is 87.5 Å². The fraction of sp³-hybridized carbons (Fsp3) is 0.0208. The molecule has 0 aliphatic carbocycles. The van der Waals surface area contributed by atoms with Crippen molar-refractivity contribution in [1.29, 1.82) is 0 Å². The molecule has 7 aromatic carbocycles. The van der Waals surface area contributed by atoms with E-state index in [9.17, 15) is 0 Å². The molecule has 0 N–H and O–H groups in total. The van der Waals surface area contributed by atoms with Crippen molar-refractivity contribution in [2.45, 2.75) is 6.92 Å². The van der Waals surface area contributed by atoms with E-state index in [1.807, 2.05) is 6.20 Å². The van der Waals surface area contributed by atoms with Crippen molar-refractivity contribution in [2.24, 2.45) is 0 Å². The molecule has 5 heterocycles. The summed E-state index contributed by atoms with van der Waals surface area (Å²) in [7, 11) is 0. The van der Waals surface area contributed by atoms with Crippen LogP contribution in [0.15, 0.2) is 168 Å². The fourth-order valence-corrected chi connectivity index (χ4v) is 8.87. The third kappa shape index (κ3) is 3.88. The van der Waals surface area contributed by atoms with E-state index in [0.717, 1.165) is 50.2 Å². The lowest BCUT2D eigenvalue weighted by atomic mass is 10.1. The summed E-state index contributed by atoms with van der Waals surface area (Å²) in [6, 6.07) is 56.7. The van der Waals surface area contributed by atoms with E-state index in [1.165, 1.54) is 59.9 Å². The molecule has 53 heavy (non-hydrogen) atoms. The zero-order valence-electron chi connectivity index (χ0n) is 28.8. The van der Waals surface area contributed by atoms with Crippen molar-refractivity contribution in [2.75, 3.05) is 0 Å². The molecule has 12 rings (SSSR count). The topological polar surface area (TPSA) is 40.8 Å². The largest absolute Gasteiger partial charge is 0.452 e. The van der Waals surface area contributed by atoms with E-state index in [-0.39, 0.29) is 0 Å². The highest BCUT2D eigenvalue weighted by Gasteiger charge is 2.21. The number of furan rings is 1. The summed E-state index contributed by atoms with van der Waals surface area (Å²) < 4.78 is 13.9. The lowest BCUT2D eigenvalue weighted by Gasteiger charge is -2.10. The predicted molar refractivity (Wildman–Crippen MR) is 219 cm³/mol. The Morgan fingerprint density at radius 2 is 0.925 bits per heavy atom. The van der Waals surface area contributed by atoms with Gasteiger partial charge >= 0.3 is 0 Å². The predicted octanol–water partition coefficient (Wildman–Crippen LogP) is 12.6. The maximum Gasteiger partial charge on any atom is 0.177 e. The number of hydrogen-bond acceptors (Lipinski definition) is 2. The fourth-order valence-electron chi connectivity index (χ4n) is 8.87. The smallest absolute Gasteiger partial charge is 0.177 e. The second-order valence-corrected chi connectivity index (χ2v) is 14.1. The highest BCUT2D eigenvalue weighted by Crippen LogP contribution is 2.41. The van der Waals surface area contributed by atoms with E-state index in [0.29, 0.717) is 0 Å². The highest BCUT2D eigenvalue weighted by atomic mass is 16.3. The van der Waals surface area contributed by atoms with Gasteiger partial charge in [-0.05, 0) is 85.3 Å². The molecule has 0 saturated heterocycles. The van der Waals surface area contributed by atoms with Gasteiger partial charge in [-0.3, -0.25) is 4.98 Å². The number of benzene rings is 7. The van der Waals surface area contributed by atoms with Gasteiger partial charge in [-0.2, -0.15) is 0 Å². The summed E-state index contributed by atoms with van der Waals surface area (Å²) >= 11 is 0. The number of aromatic nitrogens is 4. The number of para-hydroxylation sites is 4. The molecule has 0 amide bonds. The lowest BCUT2D eigenvalue weighted by molar-refractivity contribution is 0.665. The molecule has 0 saturated carbocycles. The second-order valence-electron chi connectivity index (χ2n) is 14.1. The van der Waals surface area contributed by atoms with Crippen LogP contribution >= 0.6 is 0 Å². The number of nitrogens with zero attached hydrogens (tertiary/aromatic N) is 4. The van der Waals surface area contributed by atoms with Gasteiger partial charge in [-0.1, -0.05) is 84.9 Å². The standard InChI is InChI=1S/C48H30N4O/c1-29-18-21-36-37-27-30(50-39-14-6-2-10-32(39)33-11-3-7-15-40(33)50)19-22-43(37)52(45(36)26-29)44-24-25-49-47-38-28-31(20-23-46(38)53-48(44)47)51-41-16-8-4-12-34(41)35-13-5-9-17-42(35)51/h2-28H,1H3. The van der Waals surface area contributed by atoms with Gasteiger partial charge in [0.2, 0.25) is 0 Å². The first kappa shape index (κ1) is 28.6. The second kappa shape index (κ2) is 10.5. The molecule has 0 atom stereocenters. The normalized spacial score (nSPS) is 12.2. The van der Waals surface area contributed by atoms with Crippen molar-refractivity contribution < 1.29 is 4.42 Å². The zero-order chi connectivity index (χ0) is 34.8. The third-order valence-corrected chi connectivity index (χ3v) is 11.1.